The normalized spacial score (nSPS) is 5.92. The quantitative estimate of drug-likeness (QED) is 0.437. The Labute approximate surface area is 187 Å². The Balaban J connectivity index is -0.0000000183. The first kappa shape index (κ1) is 56.3. The van der Waals surface area contributed by atoms with E-state index in [9.17, 15) is 19.2 Å². The van der Waals surface area contributed by atoms with Crippen molar-refractivity contribution in [1.29, 1.82) is 0 Å². The summed E-state index contributed by atoms with van der Waals surface area (Å²) in [4.78, 5) is 37.5. The number of carboxylic acid groups (broad SMARTS) is 4. The van der Waals surface area contributed by atoms with Gasteiger partial charge in [0.25, 0.3) is 0 Å². The number of rotatable bonds is 4. The fraction of sp³-hybridized carbons (Fsp3) is 0.667. The van der Waals surface area contributed by atoms with Gasteiger partial charge in [-0.25, -0.2) is 0 Å². The summed E-state index contributed by atoms with van der Waals surface area (Å²) in [6.07, 6.45) is 0.889. The van der Waals surface area contributed by atoms with Gasteiger partial charge in [0.05, 0.1) is 0 Å². The van der Waals surface area contributed by atoms with Crippen LogP contribution in [0.4, 0.5) is 0 Å². The molecule has 8 nitrogen and oxygen atoms in total. The Morgan fingerprint density at radius 2 is 0.520 bits per heavy atom. The maximum Gasteiger partial charge on any atom is 0.303 e. The predicted molar refractivity (Wildman–Crippen MR) is 101 cm³/mol. The molecule has 0 aromatic heterocycles. The van der Waals surface area contributed by atoms with E-state index in [2.05, 4.69) is 0 Å². The van der Waals surface area contributed by atoms with Crippen LogP contribution in [0.25, 0.3) is 0 Å². The van der Waals surface area contributed by atoms with Crippen molar-refractivity contribution in [3.05, 3.63) is 0 Å². The van der Waals surface area contributed by atoms with Gasteiger partial charge in [-0.05, 0) is 0 Å². The van der Waals surface area contributed by atoms with Gasteiger partial charge in [0.15, 0.2) is 0 Å². The number of hydrogen-bond acceptors (Lipinski definition) is 4. The number of halogens is 4. The SMILES string of the molecule is CCC(=O)O.CCC(=O)O.CCC(=O)O.CCC(=O)O.Cl.Cl.Cl.Cl.[Ti]. The van der Waals surface area contributed by atoms with E-state index in [1.165, 1.54) is 0 Å². The molecule has 0 aromatic carbocycles. The van der Waals surface area contributed by atoms with Crippen LogP contribution in [0, 0.1) is 0 Å². The van der Waals surface area contributed by atoms with Gasteiger partial charge in [-0.3, -0.25) is 19.2 Å². The van der Waals surface area contributed by atoms with E-state index in [-0.39, 0.29) is 97.0 Å². The fourth-order valence-corrected chi connectivity index (χ4v) is 0. The summed E-state index contributed by atoms with van der Waals surface area (Å²) in [5.41, 5.74) is 0. The Kier molecular flexibility index (Phi) is 112. The molecule has 0 atom stereocenters. The van der Waals surface area contributed by atoms with Crippen molar-refractivity contribution in [1.82, 2.24) is 0 Å². The molecule has 0 bridgehead atoms. The Morgan fingerprint density at radius 1 is 0.480 bits per heavy atom. The van der Waals surface area contributed by atoms with Gasteiger partial charge in [-0.15, -0.1) is 49.6 Å². The van der Waals surface area contributed by atoms with Crippen molar-refractivity contribution in [3.8, 4) is 0 Å². The van der Waals surface area contributed by atoms with E-state index < -0.39 is 23.9 Å². The molecule has 0 aromatic rings. The fourth-order valence-electron chi connectivity index (χ4n) is 0. The Morgan fingerprint density at radius 3 is 0.520 bits per heavy atom. The number of carboxylic acids is 4. The van der Waals surface area contributed by atoms with Gasteiger partial charge in [0.2, 0.25) is 0 Å². The summed E-state index contributed by atoms with van der Waals surface area (Å²) in [6.45, 7) is 6.40. The van der Waals surface area contributed by atoms with Gasteiger partial charge in [-0.2, -0.15) is 0 Å². The van der Waals surface area contributed by atoms with Crippen LogP contribution in [-0.4, -0.2) is 44.3 Å². The average Bonchev–Trinajstić information content (AvgIpc) is 2.40. The van der Waals surface area contributed by atoms with Crippen molar-refractivity contribution in [3.63, 3.8) is 0 Å². The molecule has 0 aliphatic heterocycles. The minimum absolute atomic E-state index is 0. The van der Waals surface area contributed by atoms with Gasteiger partial charge in [0.1, 0.15) is 0 Å². The molecule has 0 fully saturated rings. The van der Waals surface area contributed by atoms with Crippen LogP contribution in [-0.2, 0) is 40.9 Å². The molecular weight excluding hydrogens is 462 g/mol. The first-order valence-electron chi connectivity index (χ1n) is 5.95. The van der Waals surface area contributed by atoms with Crippen molar-refractivity contribution in [2.45, 2.75) is 53.4 Å². The molecule has 25 heavy (non-hydrogen) atoms. The molecule has 0 aliphatic carbocycles. The second-order valence-electron chi connectivity index (χ2n) is 2.99. The van der Waals surface area contributed by atoms with Crippen LogP contribution in [0.1, 0.15) is 53.4 Å². The van der Waals surface area contributed by atoms with E-state index in [0.29, 0.717) is 0 Å². The standard InChI is InChI=1S/4C3H6O2.4ClH.Ti/c4*1-2-3(4)5;;;;;/h4*2H2,1H3,(H,4,5);4*1H;. The van der Waals surface area contributed by atoms with E-state index in [1.54, 1.807) is 27.7 Å². The Hall–Kier alpha value is -0.246. The minimum atomic E-state index is -0.745. The molecule has 0 unspecified atom stereocenters. The van der Waals surface area contributed by atoms with Crippen LogP contribution in [0.2, 0.25) is 0 Å². The van der Waals surface area contributed by atoms with Crippen LogP contribution < -0.4 is 0 Å². The van der Waals surface area contributed by atoms with Gasteiger partial charge >= 0.3 is 23.9 Å². The molecule has 0 saturated carbocycles. The van der Waals surface area contributed by atoms with Crippen molar-refractivity contribution in [2.75, 3.05) is 0 Å². The zero-order valence-corrected chi connectivity index (χ0v) is 19.2. The second-order valence-corrected chi connectivity index (χ2v) is 2.99. The van der Waals surface area contributed by atoms with E-state index in [0.717, 1.165) is 0 Å². The molecule has 4 N–H and O–H groups in total. The van der Waals surface area contributed by atoms with E-state index in [1.807, 2.05) is 0 Å². The van der Waals surface area contributed by atoms with Gasteiger partial charge in [0, 0.05) is 47.4 Å². The molecule has 0 heterocycles. The van der Waals surface area contributed by atoms with Gasteiger partial charge < -0.3 is 20.4 Å². The number of aliphatic carboxylic acids is 4. The molecule has 156 valence electrons. The van der Waals surface area contributed by atoms with Crippen LogP contribution in [0.5, 0.6) is 0 Å². The van der Waals surface area contributed by atoms with Crippen molar-refractivity contribution < 1.29 is 61.3 Å². The minimum Gasteiger partial charge on any atom is -0.481 e. The average molecular weight is 490 g/mol. The summed E-state index contributed by atoms with van der Waals surface area (Å²) >= 11 is 0. The smallest absolute Gasteiger partial charge is 0.303 e. The molecule has 0 aliphatic rings. The van der Waals surface area contributed by atoms with Crippen molar-refractivity contribution in [2.24, 2.45) is 0 Å². The summed E-state index contributed by atoms with van der Waals surface area (Å²) in [5.74, 6) is -2.98. The zero-order valence-electron chi connectivity index (χ0n) is 14.4. The largest absolute Gasteiger partial charge is 0.481 e. The summed E-state index contributed by atoms with van der Waals surface area (Å²) in [7, 11) is 0. The summed E-state index contributed by atoms with van der Waals surface area (Å²) in [5, 5.41) is 30.9. The second kappa shape index (κ2) is 49.6. The van der Waals surface area contributed by atoms with Gasteiger partial charge in [-0.1, -0.05) is 27.7 Å². The molecule has 0 radical (unpaired) electrons. The monoisotopic (exact) mass is 488 g/mol. The summed E-state index contributed by atoms with van der Waals surface area (Å²) in [6, 6.07) is 0. The third-order valence-electron chi connectivity index (χ3n) is 1.21. The van der Waals surface area contributed by atoms with Crippen LogP contribution in [0.3, 0.4) is 0 Å². The first-order valence-corrected chi connectivity index (χ1v) is 5.95. The van der Waals surface area contributed by atoms with E-state index >= 15 is 0 Å². The molecule has 0 saturated heterocycles. The van der Waals surface area contributed by atoms with Crippen molar-refractivity contribution >= 4 is 73.5 Å². The maximum atomic E-state index is 9.37. The number of carbonyl (C=O) groups is 4. The zero-order chi connectivity index (χ0) is 17.1. The Bertz CT molecular complexity index is 238. The topological polar surface area (TPSA) is 149 Å². The third-order valence-corrected chi connectivity index (χ3v) is 1.21. The third kappa shape index (κ3) is 187. The van der Waals surface area contributed by atoms with Crippen LogP contribution >= 0.6 is 49.6 Å². The maximum absolute atomic E-state index is 9.37. The molecule has 0 rings (SSSR count). The molecular formula is C12H28Cl4O8Ti. The first-order chi connectivity index (χ1) is 9.08. The molecule has 13 heteroatoms. The number of hydrogen-bond donors (Lipinski definition) is 4. The molecule has 0 amide bonds. The van der Waals surface area contributed by atoms with E-state index in [4.69, 9.17) is 20.4 Å². The predicted octanol–water partition coefficient (Wildman–Crippen LogP) is 3.61. The van der Waals surface area contributed by atoms with Crippen LogP contribution in [0.15, 0.2) is 0 Å². The summed E-state index contributed by atoms with van der Waals surface area (Å²) < 4.78 is 0. The molecule has 0 spiro atoms.